The zero-order chi connectivity index (χ0) is 35.2. The number of hydrogen-bond donors (Lipinski definition) is 3. The second-order valence-corrected chi connectivity index (χ2v) is 14.1. The Balaban J connectivity index is 1.63. The molecule has 0 saturated carbocycles. The number of carbonyl (C=O) groups excluding carboxylic acids is 2. The van der Waals surface area contributed by atoms with Gasteiger partial charge in [0.2, 0.25) is 0 Å². The standard InChI is InChI=1S/C32H47N7O8S/c1-20-15-39(21(2)18-40)31(41)26-14-25(36-48(43,44)29-17-37(6)19-33-29)11-12-27(26)46-22(3)10-8-9-13-45-28(20)16-38(7)32(42)34-30-23(4)35-47-24(30)5/h11-12,14,17,19-22,28,36,40H,8-10,13,15-16,18H2,1-7H3,(H,34,42)/t20-,21+,22+,28+/m1/s1. The lowest BCUT2D eigenvalue weighted by atomic mass is 10.0. The molecule has 1 aliphatic rings. The monoisotopic (exact) mass is 689 g/mol. The van der Waals surface area contributed by atoms with Gasteiger partial charge in [-0.1, -0.05) is 12.1 Å². The third kappa shape index (κ3) is 9.05. The fourth-order valence-corrected chi connectivity index (χ4v) is 6.43. The van der Waals surface area contributed by atoms with Crippen LogP contribution in [0.5, 0.6) is 5.75 Å². The maximum atomic E-state index is 14.3. The minimum absolute atomic E-state index is 0.140. The number of fused-ring (bicyclic) bond motifs is 1. The summed E-state index contributed by atoms with van der Waals surface area (Å²) in [5, 5.41) is 16.8. The molecule has 0 saturated heterocycles. The van der Waals surface area contributed by atoms with Crippen LogP contribution < -0.4 is 14.8 Å². The molecule has 2 aromatic heterocycles. The van der Waals surface area contributed by atoms with E-state index < -0.39 is 28.1 Å². The number of aliphatic hydroxyl groups excluding tert-OH is 1. The average Bonchev–Trinajstić information content (AvgIpc) is 3.63. The van der Waals surface area contributed by atoms with Crippen LogP contribution in [0.1, 0.15) is 61.8 Å². The number of benzene rings is 1. The van der Waals surface area contributed by atoms with E-state index in [0.29, 0.717) is 35.9 Å². The van der Waals surface area contributed by atoms with Gasteiger partial charge in [-0.05, 0) is 65.2 Å². The SMILES string of the molecule is Cc1noc(C)c1NC(=O)N(C)C[C@@H]1OCCCC[C@H](C)Oc2ccc(NS(=O)(=O)c3cn(C)cn3)cc2C(=O)N([C@@H](C)CO)C[C@H]1C. The number of amides is 3. The van der Waals surface area contributed by atoms with E-state index in [2.05, 4.69) is 20.2 Å². The number of sulfonamides is 1. The number of anilines is 2. The van der Waals surface area contributed by atoms with Gasteiger partial charge in [0.1, 0.15) is 17.1 Å². The molecule has 16 heteroatoms. The molecule has 1 aromatic carbocycles. The molecule has 15 nitrogen and oxygen atoms in total. The maximum Gasteiger partial charge on any atom is 0.321 e. The highest BCUT2D eigenvalue weighted by Crippen LogP contribution is 2.29. The van der Waals surface area contributed by atoms with Crippen molar-refractivity contribution in [2.45, 2.75) is 77.2 Å². The molecule has 3 amide bonds. The topological polar surface area (TPSA) is 181 Å². The molecule has 0 fully saturated rings. The number of urea groups is 1. The van der Waals surface area contributed by atoms with Crippen molar-refractivity contribution in [3.63, 3.8) is 0 Å². The Morgan fingerprint density at radius 3 is 2.62 bits per heavy atom. The smallest absolute Gasteiger partial charge is 0.321 e. The van der Waals surface area contributed by atoms with Crippen molar-refractivity contribution >= 4 is 33.3 Å². The molecule has 4 atom stereocenters. The zero-order valence-electron chi connectivity index (χ0n) is 28.6. The molecule has 3 aromatic rings. The number of imidazole rings is 1. The summed E-state index contributed by atoms with van der Waals surface area (Å²) in [6, 6.07) is 3.60. The van der Waals surface area contributed by atoms with Crippen molar-refractivity contribution in [2.24, 2.45) is 13.0 Å². The predicted octanol–water partition coefficient (Wildman–Crippen LogP) is 3.79. The number of aliphatic hydroxyl groups is 1. The minimum atomic E-state index is -4.04. The van der Waals surface area contributed by atoms with Gasteiger partial charge >= 0.3 is 6.03 Å². The molecule has 1 aliphatic heterocycles. The van der Waals surface area contributed by atoms with Crippen LogP contribution in [0.4, 0.5) is 16.2 Å². The molecule has 264 valence electrons. The van der Waals surface area contributed by atoms with E-state index in [9.17, 15) is 23.1 Å². The van der Waals surface area contributed by atoms with Crippen molar-refractivity contribution in [1.82, 2.24) is 24.5 Å². The summed E-state index contributed by atoms with van der Waals surface area (Å²) in [7, 11) is -0.711. The molecule has 0 spiro atoms. The van der Waals surface area contributed by atoms with Crippen LogP contribution >= 0.6 is 0 Å². The van der Waals surface area contributed by atoms with E-state index in [-0.39, 0.29) is 54.0 Å². The lowest BCUT2D eigenvalue weighted by Gasteiger charge is -2.35. The Bertz CT molecular complexity index is 1650. The summed E-state index contributed by atoms with van der Waals surface area (Å²) < 4.78 is 47.9. The van der Waals surface area contributed by atoms with Crippen LogP contribution in [0.2, 0.25) is 0 Å². The zero-order valence-corrected chi connectivity index (χ0v) is 29.4. The summed E-state index contributed by atoms with van der Waals surface area (Å²) in [4.78, 5) is 34.5. The number of likely N-dealkylation sites (N-methyl/N-ethyl adjacent to an activating group) is 1. The Morgan fingerprint density at radius 2 is 1.98 bits per heavy atom. The van der Waals surface area contributed by atoms with E-state index in [4.69, 9.17) is 14.0 Å². The first kappa shape index (κ1) is 36.7. The fraction of sp³-hybridized carbons (Fsp3) is 0.562. The van der Waals surface area contributed by atoms with E-state index in [0.717, 1.165) is 12.8 Å². The molecular weight excluding hydrogens is 642 g/mol. The molecule has 0 bridgehead atoms. The summed E-state index contributed by atoms with van der Waals surface area (Å²) in [5.41, 5.74) is 1.37. The van der Waals surface area contributed by atoms with E-state index in [1.54, 1.807) is 40.9 Å². The summed E-state index contributed by atoms with van der Waals surface area (Å²) in [6.45, 7) is 9.54. The van der Waals surface area contributed by atoms with Crippen LogP contribution in [0.25, 0.3) is 0 Å². The number of rotatable bonds is 8. The summed E-state index contributed by atoms with van der Waals surface area (Å²) in [5.74, 6) is 0.0611. The maximum absolute atomic E-state index is 14.3. The predicted molar refractivity (Wildman–Crippen MR) is 179 cm³/mol. The number of carbonyl (C=O) groups is 2. The number of aromatic nitrogens is 3. The first-order valence-electron chi connectivity index (χ1n) is 16.0. The van der Waals surface area contributed by atoms with Crippen LogP contribution in [-0.4, -0.2) is 102 Å². The second kappa shape index (κ2) is 15.8. The molecule has 3 N–H and O–H groups in total. The van der Waals surface area contributed by atoms with Crippen LogP contribution in [0.15, 0.2) is 40.3 Å². The highest BCUT2D eigenvalue weighted by molar-refractivity contribution is 7.92. The quantitative estimate of drug-likeness (QED) is 0.315. The number of nitrogens with one attached hydrogen (secondary N) is 2. The second-order valence-electron chi connectivity index (χ2n) is 12.5. The van der Waals surface area contributed by atoms with Gasteiger partial charge in [-0.2, -0.15) is 8.42 Å². The Labute approximate surface area is 281 Å². The highest BCUT2D eigenvalue weighted by Gasteiger charge is 2.31. The van der Waals surface area contributed by atoms with Crippen molar-refractivity contribution in [2.75, 3.05) is 43.4 Å². The first-order chi connectivity index (χ1) is 22.7. The number of hydrogen-bond acceptors (Lipinski definition) is 10. The summed E-state index contributed by atoms with van der Waals surface area (Å²) in [6.07, 6.45) is 4.27. The Hall–Kier alpha value is -4.15. The molecular formula is C32H47N7O8S. The third-order valence-corrected chi connectivity index (χ3v) is 9.59. The molecule has 0 aliphatic carbocycles. The van der Waals surface area contributed by atoms with E-state index in [1.165, 1.54) is 39.0 Å². The summed E-state index contributed by atoms with van der Waals surface area (Å²) >= 11 is 0. The van der Waals surface area contributed by atoms with Gasteiger partial charge in [0.05, 0.1) is 36.7 Å². The van der Waals surface area contributed by atoms with Gasteiger partial charge in [-0.25, -0.2) is 9.78 Å². The van der Waals surface area contributed by atoms with E-state index >= 15 is 0 Å². The van der Waals surface area contributed by atoms with Crippen LogP contribution in [-0.2, 0) is 21.8 Å². The normalized spacial score (nSPS) is 20.3. The van der Waals surface area contributed by atoms with Crippen molar-refractivity contribution in [3.8, 4) is 5.75 Å². The Kier molecular flexibility index (Phi) is 12.1. The van der Waals surface area contributed by atoms with Gasteiger partial charge in [-0.3, -0.25) is 9.52 Å². The minimum Gasteiger partial charge on any atom is -0.490 e. The first-order valence-corrected chi connectivity index (χ1v) is 17.5. The van der Waals surface area contributed by atoms with Gasteiger partial charge in [0.15, 0.2) is 10.8 Å². The lowest BCUT2D eigenvalue weighted by molar-refractivity contribution is -0.0115. The van der Waals surface area contributed by atoms with Crippen molar-refractivity contribution in [3.05, 3.63) is 47.7 Å². The molecule has 0 unspecified atom stereocenters. The highest BCUT2D eigenvalue weighted by atomic mass is 32.2. The largest absolute Gasteiger partial charge is 0.490 e. The van der Waals surface area contributed by atoms with E-state index in [1.807, 2.05) is 13.8 Å². The average molecular weight is 690 g/mol. The van der Waals surface area contributed by atoms with Crippen molar-refractivity contribution < 1.29 is 37.1 Å². The Morgan fingerprint density at radius 1 is 1.23 bits per heavy atom. The molecule has 48 heavy (non-hydrogen) atoms. The van der Waals surface area contributed by atoms with Crippen LogP contribution in [0.3, 0.4) is 0 Å². The number of ether oxygens (including phenoxy) is 2. The van der Waals surface area contributed by atoms with Gasteiger partial charge < -0.3 is 38.8 Å². The molecule has 0 radical (unpaired) electrons. The van der Waals surface area contributed by atoms with Gasteiger partial charge in [-0.15, -0.1) is 0 Å². The van der Waals surface area contributed by atoms with Gasteiger partial charge in [0, 0.05) is 51.6 Å². The fourth-order valence-electron chi connectivity index (χ4n) is 5.40. The molecule has 3 heterocycles. The number of nitrogens with zero attached hydrogens (tertiary/aromatic N) is 5. The van der Waals surface area contributed by atoms with Crippen molar-refractivity contribution in [1.29, 1.82) is 0 Å². The third-order valence-electron chi connectivity index (χ3n) is 8.33. The molecule has 4 rings (SSSR count). The van der Waals surface area contributed by atoms with Gasteiger partial charge in [0.25, 0.3) is 15.9 Å². The lowest BCUT2D eigenvalue weighted by Crippen LogP contribution is -2.48. The van der Waals surface area contributed by atoms with Crippen LogP contribution in [0, 0.1) is 19.8 Å². The number of aryl methyl sites for hydroxylation is 3.